The zero-order chi connectivity index (χ0) is 16.4. The van der Waals surface area contributed by atoms with Crippen LogP contribution in [0.25, 0.3) is 0 Å². The normalized spacial score (nSPS) is 30.8. The topological polar surface area (TPSA) is 94.8 Å². The number of hydrogen-bond acceptors (Lipinski definition) is 3. The van der Waals surface area contributed by atoms with Crippen LogP contribution in [-0.4, -0.2) is 41.4 Å². The number of aliphatic hydroxyl groups excluding tert-OH is 1. The smallest absolute Gasteiger partial charge is 0.331 e. The molecule has 0 spiro atoms. The molecular formula is C15H24O5Si. The maximum absolute atomic E-state index is 10.8. The minimum atomic E-state index is -1.08. The molecule has 5 nitrogen and oxygen atoms in total. The summed E-state index contributed by atoms with van der Waals surface area (Å²) < 4.78 is 0. The summed E-state index contributed by atoms with van der Waals surface area (Å²) in [4.78, 5) is 21.3. The minimum absolute atomic E-state index is 0.0359. The molecule has 0 saturated heterocycles. The van der Waals surface area contributed by atoms with Crippen molar-refractivity contribution in [2.45, 2.75) is 51.1 Å². The van der Waals surface area contributed by atoms with Crippen molar-refractivity contribution in [1.29, 1.82) is 0 Å². The summed E-state index contributed by atoms with van der Waals surface area (Å²) in [7, 11) is -0.937. The van der Waals surface area contributed by atoms with Crippen LogP contribution in [0.1, 0.15) is 19.8 Å². The maximum atomic E-state index is 10.8. The first-order chi connectivity index (χ1) is 9.47. The fourth-order valence-electron chi connectivity index (χ4n) is 2.30. The van der Waals surface area contributed by atoms with E-state index in [1.54, 1.807) is 0 Å². The summed E-state index contributed by atoms with van der Waals surface area (Å²) >= 11 is 0. The van der Waals surface area contributed by atoms with Gasteiger partial charge in [-0.3, -0.25) is 4.79 Å². The first-order valence-corrected chi connectivity index (χ1v) is 10.6. The first kappa shape index (κ1) is 17.6. The summed E-state index contributed by atoms with van der Waals surface area (Å²) in [5.74, 6) is -2.06. The number of aliphatic hydroxyl groups is 1. The van der Waals surface area contributed by atoms with Crippen LogP contribution in [0, 0.1) is 5.41 Å². The van der Waals surface area contributed by atoms with Crippen LogP contribution >= 0.6 is 0 Å². The van der Waals surface area contributed by atoms with Crippen molar-refractivity contribution >= 4 is 20.0 Å². The summed E-state index contributed by atoms with van der Waals surface area (Å²) in [6, 6.07) is 0. The molecular weight excluding hydrogens is 288 g/mol. The van der Waals surface area contributed by atoms with E-state index in [4.69, 9.17) is 15.3 Å². The van der Waals surface area contributed by atoms with Crippen LogP contribution in [0.5, 0.6) is 0 Å². The van der Waals surface area contributed by atoms with Crippen molar-refractivity contribution in [3.63, 3.8) is 0 Å². The Hall–Kier alpha value is -1.40. The lowest BCUT2D eigenvalue weighted by atomic mass is 9.80. The molecule has 0 radical (unpaired) electrons. The summed E-state index contributed by atoms with van der Waals surface area (Å²) in [6.45, 7) is 8.44. The van der Waals surface area contributed by atoms with Gasteiger partial charge in [-0.25, -0.2) is 4.79 Å². The summed E-state index contributed by atoms with van der Waals surface area (Å²) in [6.07, 6.45) is 5.58. The molecule has 0 amide bonds. The fourth-order valence-corrected chi connectivity index (χ4v) is 4.40. The largest absolute Gasteiger partial charge is 0.481 e. The third-order valence-electron chi connectivity index (χ3n) is 3.95. The van der Waals surface area contributed by atoms with E-state index in [1.165, 1.54) is 25.2 Å². The first-order valence-electron chi connectivity index (χ1n) is 7.00. The Balaban J connectivity index is 0.000000235. The lowest BCUT2D eigenvalue weighted by Gasteiger charge is -2.23. The average molecular weight is 312 g/mol. The van der Waals surface area contributed by atoms with Crippen molar-refractivity contribution < 1.29 is 24.9 Å². The van der Waals surface area contributed by atoms with Crippen molar-refractivity contribution in [2.75, 3.05) is 0 Å². The lowest BCUT2D eigenvalue weighted by molar-refractivity contribution is -0.145. The highest BCUT2D eigenvalue weighted by atomic mass is 28.3. The number of allylic oxidation sites excluding steroid dienone is 2. The van der Waals surface area contributed by atoms with Gasteiger partial charge in [0.2, 0.25) is 0 Å². The van der Waals surface area contributed by atoms with E-state index in [9.17, 15) is 9.59 Å². The Morgan fingerprint density at radius 2 is 1.81 bits per heavy atom. The van der Waals surface area contributed by atoms with E-state index in [2.05, 4.69) is 19.6 Å². The van der Waals surface area contributed by atoms with Crippen molar-refractivity contribution in [2.24, 2.45) is 5.41 Å². The molecule has 2 aliphatic carbocycles. The molecule has 0 aromatic heterocycles. The van der Waals surface area contributed by atoms with Crippen LogP contribution in [-0.2, 0) is 9.59 Å². The number of aliphatic carboxylic acids is 2. The Bertz CT molecular complexity index is 489. The zero-order valence-corrected chi connectivity index (χ0v) is 14.0. The molecule has 0 heterocycles. The second-order valence-corrected chi connectivity index (χ2v) is 12.5. The molecule has 1 saturated carbocycles. The second-order valence-electron chi connectivity index (χ2n) is 7.03. The van der Waals surface area contributed by atoms with E-state index in [0.29, 0.717) is 5.54 Å². The number of carboxylic acid groups (broad SMARTS) is 2. The Labute approximate surface area is 126 Å². The number of carbonyl (C=O) groups is 2. The summed E-state index contributed by atoms with van der Waals surface area (Å²) in [5.41, 5.74) is -0.238. The Morgan fingerprint density at radius 1 is 1.29 bits per heavy atom. The van der Waals surface area contributed by atoms with Crippen molar-refractivity contribution in [1.82, 2.24) is 0 Å². The zero-order valence-electron chi connectivity index (χ0n) is 13.0. The van der Waals surface area contributed by atoms with Gasteiger partial charge in [-0.05, 0) is 25.3 Å². The second kappa shape index (κ2) is 6.15. The summed E-state index contributed by atoms with van der Waals surface area (Å²) in [5, 5.41) is 26.5. The predicted octanol–water partition coefficient (Wildman–Crippen LogP) is 2.51. The minimum Gasteiger partial charge on any atom is -0.481 e. The maximum Gasteiger partial charge on any atom is 0.331 e. The third-order valence-corrected chi connectivity index (χ3v) is 6.80. The van der Waals surface area contributed by atoms with Gasteiger partial charge in [0.25, 0.3) is 0 Å². The predicted molar refractivity (Wildman–Crippen MR) is 82.9 cm³/mol. The molecule has 1 fully saturated rings. The van der Waals surface area contributed by atoms with Gasteiger partial charge >= 0.3 is 11.9 Å². The van der Waals surface area contributed by atoms with Crippen molar-refractivity contribution in [3.8, 4) is 0 Å². The quantitative estimate of drug-likeness (QED) is 0.696. The molecule has 21 heavy (non-hydrogen) atoms. The molecule has 0 bridgehead atoms. The van der Waals surface area contributed by atoms with Gasteiger partial charge in [-0.15, -0.1) is 0 Å². The van der Waals surface area contributed by atoms with Gasteiger partial charge in [-0.2, -0.15) is 0 Å². The highest BCUT2D eigenvalue weighted by molar-refractivity contribution is 6.78. The molecule has 3 N–H and O–H groups in total. The molecule has 2 rings (SSSR count). The highest BCUT2D eigenvalue weighted by Gasteiger charge is 2.44. The fraction of sp³-hybridized carbons (Fsp3) is 0.600. The number of carboxylic acids is 2. The van der Waals surface area contributed by atoms with E-state index >= 15 is 0 Å². The number of hydrogen-bond donors (Lipinski definition) is 3. The Morgan fingerprint density at radius 3 is 2.10 bits per heavy atom. The molecule has 6 heteroatoms. The van der Waals surface area contributed by atoms with Crippen LogP contribution in [0.2, 0.25) is 25.2 Å². The molecule has 0 aliphatic heterocycles. The van der Waals surface area contributed by atoms with E-state index in [0.717, 1.165) is 6.42 Å². The lowest BCUT2D eigenvalue weighted by Crippen LogP contribution is -2.28. The van der Waals surface area contributed by atoms with Crippen LogP contribution in [0.4, 0.5) is 0 Å². The standard InChI is InChI=1S/C9H10O4.C6H14OSi/c1-9(8(12)13)4-2-3-6(5-9)7(10)11;1-8(2,3)6-4-5(6)7/h2-4H,5H2,1H3,(H,10,11)(H,12,13);5-7H,4H2,1-3H3. The van der Waals surface area contributed by atoms with Crippen LogP contribution < -0.4 is 0 Å². The molecule has 2 aliphatic rings. The van der Waals surface area contributed by atoms with E-state index < -0.39 is 25.4 Å². The van der Waals surface area contributed by atoms with Gasteiger partial charge in [0.1, 0.15) is 0 Å². The van der Waals surface area contributed by atoms with Gasteiger partial charge in [0.05, 0.1) is 19.6 Å². The van der Waals surface area contributed by atoms with E-state index in [-0.39, 0.29) is 18.1 Å². The monoisotopic (exact) mass is 312 g/mol. The molecule has 3 unspecified atom stereocenters. The number of rotatable bonds is 3. The van der Waals surface area contributed by atoms with Crippen LogP contribution in [0.15, 0.2) is 23.8 Å². The van der Waals surface area contributed by atoms with Crippen molar-refractivity contribution in [3.05, 3.63) is 23.8 Å². The molecule has 0 aromatic rings. The Kier molecular flexibility index (Phi) is 5.17. The van der Waals surface area contributed by atoms with Crippen LogP contribution in [0.3, 0.4) is 0 Å². The van der Waals surface area contributed by atoms with Gasteiger partial charge < -0.3 is 15.3 Å². The third kappa shape index (κ3) is 4.82. The SMILES string of the molecule is CC1(C(=O)O)C=CC=C(C(=O)O)C1.C[Si](C)(C)C1CC1O. The molecule has 118 valence electrons. The van der Waals surface area contributed by atoms with Gasteiger partial charge in [-0.1, -0.05) is 37.9 Å². The average Bonchev–Trinajstić information content (AvgIpc) is 3.07. The molecule has 0 aromatic carbocycles. The van der Waals surface area contributed by atoms with Gasteiger partial charge in [0, 0.05) is 5.57 Å². The van der Waals surface area contributed by atoms with E-state index in [1.807, 2.05) is 0 Å². The van der Waals surface area contributed by atoms with Gasteiger partial charge in [0.15, 0.2) is 0 Å². The molecule has 3 atom stereocenters. The highest BCUT2D eigenvalue weighted by Crippen LogP contribution is 2.45.